The summed E-state index contributed by atoms with van der Waals surface area (Å²) < 4.78 is 11.2. The van der Waals surface area contributed by atoms with Crippen molar-refractivity contribution in [2.75, 3.05) is 26.2 Å². The fraction of sp³-hybridized carbons (Fsp3) is 0.478. The van der Waals surface area contributed by atoms with Crippen LogP contribution in [0, 0.1) is 13.8 Å². The van der Waals surface area contributed by atoms with Crippen molar-refractivity contribution in [3.8, 4) is 0 Å². The van der Waals surface area contributed by atoms with Crippen LogP contribution in [0.25, 0.3) is 0 Å². The van der Waals surface area contributed by atoms with Crippen LogP contribution in [-0.2, 0) is 16.0 Å². The first kappa shape index (κ1) is 21.1. The molecule has 1 N–H and O–H groups in total. The highest BCUT2D eigenvalue weighted by atomic mass is 16.5. The molecule has 1 saturated heterocycles. The molecule has 2 aromatic rings. The van der Waals surface area contributed by atoms with E-state index in [1.165, 1.54) is 5.56 Å². The molecule has 6 heteroatoms. The third kappa shape index (κ3) is 6.19. The van der Waals surface area contributed by atoms with E-state index in [-0.39, 0.29) is 24.3 Å². The summed E-state index contributed by atoms with van der Waals surface area (Å²) in [5, 5.41) is 2.95. The van der Waals surface area contributed by atoms with Crippen LogP contribution in [-0.4, -0.2) is 49.1 Å². The molecule has 1 aliphatic heterocycles. The summed E-state index contributed by atoms with van der Waals surface area (Å²) in [6, 6.07) is 11.8. The van der Waals surface area contributed by atoms with Crippen molar-refractivity contribution in [2.45, 2.75) is 45.6 Å². The lowest BCUT2D eigenvalue weighted by atomic mass is 10.1. The van der Waals surface area contributed by atoms with Gasteiger partial charge < -0.3 is 19.4 Å². The Morgan fingerprint density at radius 3 is 2.66 bits per heavy atom. The van der Waals surface area contributed by atoms with Crippen LogP contribution < -0.4 is 5.32 Å². The Bertz CT molecular complexity index is 810. The van der Waals surface area contributed by atoms with Gasteiger partial charge in [-0.2, -0.15) is 0 Å². The first-order valence-corrected chi connectivity index (χ1v) is 10.3. The summed E-state index contributed by atoms with van der Waals surface area (Å²) in [6.07, 6.45) is 3.04. The van der Waals surface area contributed by atoms with Gasteiger partial charge in [-0.05, 0) is 44.7 Å². The second kappa shape index (κ2) is 10.3. The Kier molecular flexibility index (Phi) is 7.47. The molecule has 156 valence electrons. The maximum Gasteiger partial charge on any atom is 0.257 e. The van der Waals surface area contributed by atoms with Crippen LogP contribution in [0.5, 0.6) is 0 Å². The Hall–Kier alpha value is -2.60. The van der Waals surface area contributed by atoms with Gasteiger partial charge in [0.2, 0.25) is 5.91 Å². The van der Waals surface area contributed by atoms with E-state index in [0.717, 1.165) is 25.9 Å². The molecule has 2 heterocycles. The molecular formula is C23H30N2O4. The molecule has 0 aliphatic carbocycles. The van der Waals surface area contributed by atoms with Crippen molar-refractivity contribution in [3.63, 3.8) is 0 Å². The number of amides is 2. The first-order chi connectivity index (χ1) is 14.0. The van der Waals surface area contributed by atoms with Crippen molar-refractivity contribution in [2.24, 2.45) is 0 Å². The fourth-order valence-electron chi connectivity index (χ4n) is 3.64. The summed E-state index contributed by atoms with van der Waals surface area (Å²) in [7, 11) is 0. The number of nitrogens with one attached hydrogen (secondary N) is 1. The topological polar surface area (TPSA) is 71.8 Å². The van der Waals surface area contributed by atoms with Gasteiger partial charge in [-0.3, -0.25) is 9.59 Å². The van der Waals surface area contributed by atoms with Crippen molar-refractivity contribution in [1.82, 2.24) is 10.2 Å². The summed E-state index contributed by atoms with van der Waals surface area (Å²) >= 11 is 0. The zero-order valence-corrected chi connectivity index (χ0v) is 17.3. The molecule has 1 fully saturated rings. The minimum absolute atomic E-state index is 0.0356. The smallest absolute Gasteiger partial charge is 0.257 e. The number of furan rings is 1. The Labute approximate surface area is 172 Å². The minimum atomic E-state index is -0.105. The third-order valence-electron chi connectivity index (χ3n) is 5.19. The molecule has 0 spiro atoms. The minimum Gasteiger partial charge on any atom is -0.466 e. The van der Waals surface area contributed by atoms with Gasteiger partial charge in [0.15, 0.2) is 0 Å². The Morgan fingerprint density at radius 1 is 1.21 bits per heavy atom. The standard InChI is InChI=1S/C23H30N2O4/c1-17-15-21(18(2)29-17)23(27)25(16-20-9-6-14-28-20)13-11-22(26)24-12-10-19-7-4-3-5-8-19/h3-5,7-8,15,20H,6,9-14,16H2,1-2H3,(H,24,26). The second-order valence-electron chi connectivity index (χ2n) is 7.55. The van der Waals surface area contributed by atoms with Gasteiger partial charge in [-0.25, -0.2) is 0 Å². The number of benzene rings is 1. The van der Waals surface area contributed by atoms with E-state index >= 15 is 0 Å². The van der Waals surface area contributed by atoms with E-state index in [0.29, 0.717) is 36.7 Å². The van der Waals surface area contributed by atoms with E-state index < -0.39 is 0 Å². The molecule has 1 aromatic carbocycles. The lowest BCUT2D eigenvalue weighted by Gasteiger charge is -2.25. The van der Waals surface area contributed by atoms with Gasteiger partial charge in [-0.1, -0.05) is 30.3 Å². The molecule has 2 amide bonds. The maximum absolute atomic E-state index is 13.1. The molecule has 0 saturated carbocycles. The van der Waals surface area contributed by atoms with Crippen LogP contribution in [0.15, 0.2) is 40.8 Å². The van der Waals surface area contributed by atoms with Gasteiger partial charge >= 0.3 is 0 Å². The maximum atomic E-state index is 13.1. The molecule has 6 nitrogen and oxygen atoms in total. The number of ether oxygens (including phenoxy) is 1. The van der Waals surface area contributed by atoms with E-state index in [2.05, 4.69) is 5.32 Å². The normalized spacial score (nSPS) is 16.0. The summed E-state index contributed by atoms with van der Waals surface area (Å²) in [4.78, 5) is 27.1. The van der Waals surface area contributed by atoms with Gasteiger partial charge in [0.25, 0.3) is 5.91 Å². The van der Waals surface area contributed by atoms with Gasteiger partial charge in [-0.15, -0.1) is 0 Å². The van der Waals surface area contributed by atoms with Crippen molar-refractivity contribution < 1.29 is 18.7 Å². The van der Waals surface area contributed by atoms with Crippen molar-refractivity contribution in [3.05, 3.63) is 59.0 Å². The van der Waals surface area contributed by atoms with Crippen LogP contribution >= 0.6 is 0 Å². The Morgan fingerprint density at radius 2 is 2.00 bits per heavy atom. The molecule has 3 rings (SSSR count). The third-order valence-corrected chi connectivity index (χ3v) is 5.19. The Balaban J connectivity index is 1.53. The van der Waals surface area contributed by atoms with Crippen LogP contribution in [0.4, 0.5) is 0 Å². The number of rotatable bonds is 9. The van der Waals surface area contributed by atoms with E-state index in [9.17, 15) is 9.59 Å². The van der Waals surface area contributed by atoms with Crippen molar-refractivity contribution >= 4 is 11.8 Å². The number of nitrogens with zero attached hydrogens (tertiary/aromatic N) is 1. The molecule has 0 radical (unpaired) electrons. The van der Waals surface area contributed by atoms with Crippen LogP contribution in [0.1, 0.15) is 46.7 Å². The number of hydrogen-bond donors (Lipinski definition) is 1. The second-order valence-corrected chi connectivity index (χ2v) is 7.55. The SMILES string of the molecule is Cc1cc(C(=O)N(CCC(=O)NCCc2ccccc2)CC2CCCO2)c(C)o1. The van der Waals surface area contributed by atoms with Gasteiger partial charge in [0.1, 0.15) is 11.5 Å². The van der Waals surface area contributed by atoms with Crippen molar-refractivity contribution in [1.29, 1.82) is 0 Å². The number of carbonyl (C=O) groups is 2. The van der Waals surface area contributed by atoms with Gasteiger partial charge in [0, 0.05) is 32.7 Å². The highest BCUT2D eigenvalue weighted by molar-refractivity contribution is 5.95. The highest BCUT2D eigenvalue weighted by Crippen LogP contribution is 2.19. The molecule has 1 aromatic heterocycles. The molecular weight excluding hydrogens is 368 g/mol. The molecule has 1 unspecified atom stereocenters. The number of hydrogen-bond acceptors (Lipinski definition) is 4. The van der Waals surface area contributed by atoms with Gasteiger partial charge in [0.05, 0.1) is 11.7 Å². The summed E-state index contributed by atoms with van der Waals surface area (Å²) in [6.45, 7) is 5.80. The largest absolute Gasteiger partial charge is 0.466 e. The monoisotopic (exact) mass is 398 g/mol. The average Bonchev–Trinajstić information content (AvgIpc) is 3.34. The zero-order chi connectivity index (χ0) is 20.6. The lowest BCUT2D eigenvalue weighted by molar-refractivity contribution is -0.121. The van der Waals surface area contributed by atoms with Crippen LogP contribution in [0.3, 0.4) is 0 Å². The zero-order valence-electron chi connectivity index (χ0n) is 17.3. The predicted molar refractivity (Wildman–Crippen MR) is 111 cm³/mol. The molecule has 1 atom stereocenters. The highest BCUT2D eigenvalue weighted by Gasteiger charge is 2.26. The van der Waals surface area contributed by atoms with E-state index in [4.69, 9.17) is 9.15 Å². The summed E-state index contributed by atoms with van der Waals surface area (Å²) in [5.74, 6) is 1.16. The molecule has 29 heavy (non-hydrogen) atoms. The average molecular weight is 399 g/mol. The molecule has 0 bridgehead atoms. The fourth-order valence-corrected chi connectivity index (χ4v) is 3.64. The molecule has 1 aliphatic rings. The van der Waals surface area contributed by atoms with Crippen LogP contribution in [0.2, 0.25) is 0 Å². The number of aryl methyl sites for hydroxylation is 2. The van der Waals surface area contributed by atoms with E-state index in [1.807, 2.05) is 37.3 Å². The van der Waals surface area contributed by atoms with E-state index in [1.54, 1.807) is 17.9 Å². The quantitative estimate of drug-likeness (QED) is 0.704. The summed E-state index contributed by atoms with van der Waals surface area (Å²) in [5.41, 5.74) is 1.75. The first-order valence-electron chi connectivity index (χ1n) is 10.3. The predicted octanol–water partition coefficient (Wildman–Crippen LogP) is 3.27. The number of carbonyl (C=O) groups excluding carboxylic acids is 2. The lowest BCUT2D eigenvalue weighted by Crippen LogP contribution is -2.40.